The molecule has 0 rings (SSSR count). The van der Waals surface area contributed by atoms with Gasteiger partial charge in [0.05, 0.1) is 32.3 Å². The zero-order valence-electron chi connectivity index (χ0n) is 18.8. The van der Waals surface area contributed by atoms with E-state index in [1.807, 2.05) is 0 Å². The van der Waals surface area contributed by atoms with E-state index in [1.54, 1.807) is 13.8 Å². The van der Waals surface area contributed by atoms with Crippen molar-refractivity contribution >= 4 is 35.8 Å². The third kappa shape index (κ3) is 10.1. The van der Waals surface area contributed by atoms with Crippen molar-refractivity contribution in [1.29, 1.82) is 0 Å². The number of esters is 2. The molecule has 14 nitrogen and oxygen atoms in total. The van der Waals surface area contributed by atoms with Crippen molar-refractivity contribution in [3.63, 3.8) is 0 Å². The molecule has 4 atom stereocenters. The summed E-state index contributed by atoms with van der Waals surface area (Å²) in [6.07, 6.45) is -4.75. The van der Waals surface area contributed by atoms with Gasteiger partial charge < -0.3 is 40.1 Å². The quantitative estimate of drug-likeness (QED) is 0.141. The lowest BCUT2D eigenvalue weighted by molar-refractivity contribution is -0.176. The summed E-state index contributed by atoms with van der Waals surface area (Å²) in [7, 11) is 0. The Morgan fingerprint density at radius 3 is 1.53 bits per heavy atom. The molecule has 0 aromatic rings. The first-order valence-corrected chi connectivity index (χ1v) is 10.3. The van der Waals surface area contributed by atoms with Gasteiger partial charge in [0.25, 0.3) is 0 Å². The van der Waals surface area contributed by atoms with Crippen LogP contribution in [0.3, 0.4) is 0 Å². The molecule has 6 N–H and O–H groups in total. The molecule has 0 radical (unpaired) electrons. The van der Waals surface area contributed by atoms with Gasteiger partial charge in [0.2, 0.25) is 0 Å². The Bertz CT molecular complexity index is 777. The first kappa shape index (κ1) is 30.7. The molecule has 0 saturated carbocycles. The Hall–Kier alpha value is -3.26. The van der Waals surface area contributed by atoms with E-state index in [2.05, 4.69) is 0 Å². The Morgan fingerprint density at radius 1 is 0.735 bits per heavy atom. The second-order valence-electron chi connectivity index (χ2n) is 7.84. The monoisotopic (exact) mass is 494 g/mol. The van der Waals surface area contributed by atoms with Crippen molar-refractivity contribution < 1.29 is 68.9 Å². The third-order valence-corrected chi connectivity index (χ3v) is 4.92. The van der Waals surface area contributed by atoms with Gasteiger partial charge in [0.1, 0.15) is 6.10 Å². The van der Waals surface area contributed by atoms with Crippen molar-refractivity contribution in [3.05, 3.63) is 0 Å². The molecule has 0 spiro atoms. The average Bonchev–Trinajstić information content (AvgIpc) is 2.66. The second-order valence-corrected chi connectivity index (χ2v) is 7.84. The fraction of sp³-hybridized carbons (Fsp3) is 0.700. The molecule has 34 heavy (non-hydrogen) atoms. The van der Waals surface area contributed by atoms with E-state index in [1.165, 1.54) is 0 Å². The number of hydrogen-bond acceptors (Lipinski definition) is 10. The van der Waals surface area contributed by atoms with Crippen LogP contribution in [0.2, 0.25) is 0 Å². The number of carboxylic acids is 4. The first-order valence-electron chi connectivity index (χ1n) is 10.3. The number of aliphatic hydroxyl groups is 2. The van der Waals surface area contributed by atoms with Crippen LogP contribution < -0.4 is 0 Å². The molecule has 0 aliphatic heterocycles. The highest BCUT2D eigenvalue weighted by atomic mass is 16.6. The van der Waals surface area contributed by atoms with Gasteiger partial charge in [-0.2, -0.15) is 0 Å². The number of aliphatic carboxylic acids is 4. The molecule has 0 heterocycles. The first-order chi connectivity index (χ1) is 15.6. The minimum Gasteiger partial charge on any atom is -0.481 e. The lowest BCUT2D eigenvalue weighted by atomic mass is 9.94. The molecule has 0 fully saturated rings. The molecular weight excluding hydrogens is 464 g/mol. The molecule has 4 unspecified atom stereocenters. The normalized spacial score (nSPS) is 16.2. The summed E-state index contributed by atoms with van der Waals surface area (Å²) in [5, 5.41) is 55.5. The number of hydrogen-bond donors (Lipinski definition) is 6. The highest BCUT2D eigenvalue weighted by Gasteiger charge is 2.43. The van der Waals surface area contributed by atoms with Gasteiger partial charge in [-0.3, -0.25) is 19.2 Å². The molecule has 0 aromatic heterocycles. The van der Waals surface area contributed by atoms with Crippen LogP contribution in [0, 0.1) is 5.92 Å². The van der Waals surface area contributed by atoms with Gasteiger partial charge in [-0.05, 0) is 12.8 Å². The van der Waals surface area contributed by atoms with Gasteiger partial charge in [-0.15, -0.1) is 0 Å². The van der Waals surface area contributed by atoms with Crippen LogP contribution in [-0.2, 0) is 38.2 Å². The minimum atomic E-state index is -2.89. The zero-order valence-corrected chi connectivity index (χ0v) is 18.8. The lowest BCUT2D eigenvalue weighted by Gasteiger charge is -2.28. The third-order valence-electron chi connectivity index (χ3n) is 4.92. The smallest absolute Gasteiger partial charge is 0.336 e. The summed E-state index contributed by atoms with van der Waals surface area (Å²) >= 11 is 0. The second kappa shape index (κ2) is 13.4. The van der Waals surface area contributed by atoms with Gasteiger partial charge in [-0.1, -0.05) is 20.3 Å². The van der Waals surface area contributed by atoms with Crippen molar-refractivity contribution in [2.24, 2.45) is 5.92 Å². The van der Waals surface area contributed by atoms with Crippen molar-refractivity contribution in [2.45, 2.75) is 76.1 Å². The number of carbonyl (C=O) groups is 6. The van der Waals surface area contributed by atoms with E-state index in [0.717, 1.165) is 0 Å². The van der Waals surface area contributed by atoms with E-state index in [9.17, 15) is 39.0 Å². The largest absolute Gasteiger partial charge is 0.481 e. The van der Waals surface area contributed by atoms with Crippen molar-refractivity contribution in [3.8, 4) is 0 Å². The molecule has 0 aliphatic rings. The summed E-state index contributed by atoms with van der Waals surface area (Å²) in [6, 6.07) is 0. The summed E-state index contributed by atoms with van der Waals surface area (Å²) in [5.74, 6) is -10.2. The molecule has 14 heteroatoms. The molecule has 0 saturated heterocycles. The fourth-order valence-electron chi connectivity index (χ4n) is 3.03. The molecule has 0 amide bonds. The summed E-state index contributed by atoms with van der Waals surface area (Å²) in [4.78, 5) is 68.2. The van der Waals surface area contributed by atoms with Gasteiger partial charge in [0.15, 0.2) is 11.2 Å². The van der Waals surface area contributed by atoms with Crippen LogP contribution in [0.1, 0.15) is 58.8 Å². The topological polar surface area (TPSA) is 242 Å². The van der Waals surface area contributed by atoms with Gasteiger partial charge in [0, 0.05) is 5.92 Å². The van der Waals surface area contributed by atoms with Crippen LogP contribution >= 0.6 is 0 Å². The molecule has 0 aromatic carbocycles. The van der Waals surface area contributed by atoms with Gasteiger partial charge in [-0.25, -0.2) is 9.59 Å². The number of ether oxygens (including phenoxy) is 2. The van der Waals surface area contributed by atoms with E-state index in [4.69, 9.17) is 29.9 Å². The molecule has 194 valence electrons. The van der Waals surface area contributed by atoms with Crippen LogP contribution in [0.15, 0.2) is 0 Å². The van der Waals surface area contributed by atoms with E-state index in [-0.39, 0.29) is 12.8 Å². The lowest BCUT2D eigenvalue weighted by Crippen LogP contribution is -2.44. The van der Waals surface area contributed by atoms with Crippen molar-refractivity contribution in [2.75, 3.05) is 6.61 Å². The van der Waals surface area contributed by atoms with E-state index < -0.39 is 91.3 Å². The maximum Gasteiger partial charge on any atom is 0.336 e. The zero-order chi connectivity index (χ0) is 26.7. The Morgan fingerprint density at radius 2 is 1.18 bits per heavy atom. The van der Waals surface area contributed by atoms with Crippen molar-refractivity contribution in [1.82, 2.24) is 0 Å². The highest BCUT2D eigenvalue weighted by molar-refractivity contribution is 5.89. The maximum absolute atomic E-state index is 12.3. The molecule has 0 aliphatic carbocycles. The van der Waals surface area contributed by atoms with E-state index in [0.29, 0.717) is 6.42 Å². The standard InChI is InChI=1S/C20H30O14/c1-3-5-12(34-16(26)9-20(32,18(29)30)7-14(23)24)11(4-2)10-33-15(25)8-19(31,17(27)28)6-13(21)22/h11-12,31-32H,3-10H2,1-2H3,(H,21,22)(H,23,24)(H,27,28)(H,29,30). The highest BCUT2D eigenvalue weighted by Crippen LogP contribution is 2.23. The summed E-state index contributed by atoms with van der Waals surface area (Å²) in [5.41, 5.74) is -5.77. The Kier molecular flexibility index (Phi) is 12.2. The van der Waals surface area contributed by atoms with Crippen LogP contribution in [0.25, 0.3) is 0 Å². The minimum absolute atomic E-state index is 0.226. The summed E-state index contributed by atoms with van der Waals surface area (Å²) in [6.45, 7) is 2.97. The maximum atomic E-state index is 12.3. The predicted octanol–water partition coefficient (Wildman–Crippen LogP) is -0.371. The Balaban J connectivity index is 5.28. The van der Waals surface area contributed by atoms with Crippen LogP contribution in [0.4, 0.5) is 0 Å². The number of carbonyl (C=O) groups excluding carboxylic acids is 2. The Labute approximate surface area is 194 Å². The SMILES string of the molecule is CCCC(OC(=O)CC(O)(CC(=O)O)C(=O)O)C(CC)COC(=O)CC(O)(CC(=O)O)C(=O)O. The van der Waals surface area contributed by atoms with E-state index >= 15 is 0 Å². The fourth-order valence-corrected chi connectivity index (χ4v) is 3.03. The molecule has 0 bridgehead atoms. The number of rotatable bonds is 17. The molecular formula is C20H30O14. The number of carboxylic acid groups (broad SMARTS) is 4. The van der Waals surface area contributed by atoms with Crippen LogP contribution in [0.5, 0.6) is 0 Å². The van der Waals surface area contributed by atoms with Gasteiger partial charge >= 0.3 is 35.8 Å². The average molecular weight is 494 g/mol. The predicted molar refractivity (Wildman–Crippen MR) is 108 cm³/mol. The summed E-state index contributed by atoms with van der Waals surface area (Å²) < 4.78 is 10.2. The van der Waals surface area contributed by atoms with Crippen LogP contribution in [-0.4, -0.2) is 90.4 Å².